The van der Waals surface area contributed by atoms with Gasteiger partial charge in [-0.2, -0.15) is 0 Å². The van der Waals surface area contributed by atoms with Crippen LogP contribution < -0.4 is 5.32 Å². The zero-order valence-corrected chi connectivity index (χ0v) is 8.96. The summed E-state index contributed by atoms with van der Waals surface area (Å²) in [4.78, 5) is 4.29. The van der Waals surface area contributed by atoms with E-state index in [1.54, 1.807) is 0 Å². The molecule has 1 aromatic rings. The summed E-state index contributed by atoms with van der Waals surface area (Å²) >= 11 is 0. The Morgan fingerprint density at radius 2 is 2.36 bits per heavy atom. The largest absolute Gasteiger partial charge is 0.305 e. The van der Waals surface area contributed by atoms with E-state index in [0.29, 0.717) is 6.04 Å². The van der Waals surface area contributed by atoms with Crippen molar-refractivity contribution in [2.24, 2.45) is 0 Å². The Kier molecular flexibility index (Phi) is 4.33. The third-order valence-electron chi connectivity index (χ3n) is 2.29. The van der Waals surface area contributed by atoms with Crippen LogP contribution in [-0.2, 0) is 0 Å². The van der Waals surface area contributed by atoms with Crippen LogP contribution in [0.3, 0.4) is 0 Å². The molecule has 0 bridgehead atoms. The van der Waals surface area contributed by atoms with Gasteiger partial charge in [-0.05, 0) is 25.5 Å². The molecule has 2 nitrogen and oxygen atoms in total. The van der Waals surface area contributed by atoms with Gasteiger partial charge in [0.05, 0.1) is 5.69 Å². The molecule has 0 unspecified atom stereocenters. The third kappa shape index (κ3) is 3.30. The molecule has 0 aliphatic heterocycles. The third-order valence-corrected chi connectivity index (χ3v) is 2.29. The number of rotatable bonds is 5. The van der Waals surface area contributed by atoms with Crippen molar-refractivity contribution < 1.29 is 0 Å². The van der Waals surface area contributed by atoms with Crippen LogP contribution in [-0.4, -0.2) is 11.5 Å². The lowest BCUT2D eigenvalue weighted by molar-refractivity contribution is 0.587. The van der Waals surface area contributed by atoms with E-state index < -0.39 is 0 Å². The number of nitrogens with one attached hydrogen (secondary N) is 1. The maximum atomic E-state index is 4.29. The Labute approximate surface area is 86.1 Å². The normalized spacial score (nSPS) is 12.4. The Hall–Kier alpha value is -1.15. The van der Waals surface area contributed by atoms with E-state index in [1.165, 1.54) is 5.57 Å². The van der Waals surface area contributed by atoms with Crippen LogP contribution in [0.2, 0.25) is 0 Å². The molecule has 1 rings (SSSR count). The van der Waals surface area contributed by atoms with Gasteiger partial charge in [-0.3, -0.25) is 4.98 Å². The second-order valence-corrected chi connectivity index (χ2v) is 3.46. The Balaban J connectivity index is 2.43. The molecule has 1 heterocycles. The molecule has 0 spiro atoms. The lowest BCUT2D eigenvalue weighted by atomic mass is 10.2. The van der Waals surface area contributed by atoms with Crippen molar-refractivity contribution >= 4 is 0 Å². The number of aromatic nitrogens is 1. The topological polar surface area (TPSA) is 24.9 Å². The summed E-state index contributed by atoms with van der Waals surface area (Å²) in [7, 11) is 0. The van der Waals surface area contributed by atoms with Crippen molar-refractivity contribution in [1.82, 2.24) is 10.3 Å². The average Bonchev–Trinajstić information content (AvgIpc) is 2.26. The first kappa shape index (κ1) is 10.9. The SMILES string of the molecule is C=C(CC)CN[C@@H](C)c1ccccn1. The fourth-order valence-electron chi connectivity index (χ4n) is 1.16. The molecule has 1 N–H and O–H groups in total. The molecule has 0 aliphatic rings. The zero-order chi connectivity index (χ0) is 10.4. The summed E-state index contributed by atoms with van der Waals surface area (Å²) in [5.41, 5.74) is 2.31. The fraction of sp³-hybridized carbons (Fsp3) is 0.417. The van der Waals surface area contributed by atoms with E-state index in [4.69, 9.17) is 0 Å². The van der Waals surface area contributed by atoms with Crippen molar-refractivity contribution in [2.45, 2.75) is 26.3 Å². The highest BCUT2D eigenvalue weighted by Crippen LogP contribution is 2.08. The minimum Gasteiger partial charge on any atom is -0.305 e. The van der Waals surface area contributed by atoms with Crippen molar-refractivity contribution in [3.63, 3.8) is 0 Å². The maximum absolute atomic E-state index is 4.29. The molecule has 2 heteroatoms. The second kappa shape index (κ2) is 5.55. The van der Waals surface area contributed by atoms with Gasteiger partial charge < -0.3 is 5.32 Å². The monoisotopic (exact) mass is 190 g/mol. The number of hydrogen-bond acceptors (Lipinski definition) is 2. The van der Waals surface area contributed by atoms with E-state index in [-0.39, 0.29) is 0 Å². The maximum Gasteiger partial charge on any atom is 0.0570 e. The van der Waals surface area contributed by atoms with Crippen molar-refractivity contribution in [1.29, 1.82) is 0 Å². The smallest absolute Gasteiger partial charge is 0.0570 e. The molecule has 0 aromatic carbocycles. The molecule has 0 aliphatic carbocycles. The Bertz CT molecular complexity index is 280. The van der Waals surface area contributed by atoms with Gasteiger partial charge in [-0.15, -0.1) is 0 Å². The van der Waals surface area contributed by atoms with Crippen LogP contribution in [0.1, 0.15) is 32.0 Å². The van der Waals surface area contributed by atoms with Gasteiger partial charge in [0.25, 0.3) is 0 Å². The molecule has 1 atom stereocenters. The van der Waals surface area contributed by atoms with Crippen LogP contribution in [0.4, 0.5) is 0 Å². The van der Waals surface area contributed by atoms with E-state index in [0.717, 1.165) is 18.7 Å². The highest BCUT2D eigenvalue weighted by atomic mass is 14.9. The molecular weight excluding hydrogens is 172 g/mol. The number of hydrogen-bond donors (Lipinski definition) is 1. The van der Waals surface area contributed by atoms with E-state index >= 15 is 0 Å². The first-order valence-electron chi connectivity index (χ1n) is 5.05. The van der Waals surface area contributed by atoms with Crippen LogP contribution in [0.5, 0.6) is 0 Å². The van der Waals surface area contributed by atoms with Crippen molar-refractivity contribution in [3.8, 4) is 0 Å². The van der Waals surface area contributed by atoms with Gasteiger partial charge in [-0.25, -0.2) is 0 Å². The van der Waals surface area contributed by atoms with Crippen molar-refractivity contribution in [2.75, 3.05) is 6.54 Å². The van der Waals surface area contributed by atoms with Crippen molar-refractivity contribution in [3.05, 3.63) is 42.2 Å². The summed E-state index contributed by atoms with van der Waals surface area (Å²) in [6.45, 7) is 9.06. The molecule has 0 saturated carbocycles. The molecular formula is C12H18N2. The van der Waals surface area contributed by atoms with Crippen LogP contribution in [0, 0.1) is 0 Å². The first-order chi connectivity index (χ1) is 6.74. The van der Waals surface area contributed by atoms with Gasteiger partial charge in [0, 0.05) is 18.8 Å². The lowest BCUT2D eigenvalue weighted by Gasteiger charge is -2.13. The molecule has 1 aromatic heterocycles. The second-order valence-electron chi connectivity index (χ2n) is 3.46. The Morgan fingerprint density at radius 3 is 2.93 bits per heavy atom. The molecule has 0 fully saturated rings. The van der Waals surface area contributed by atoms with Crippen LogP contribution in [0.15, 0.2) is 36.5 Å². The standard InChI is InChI=1S/C12H18N2/c1-4-10(2)9-14-11(3)12-7-5-6-8-13-12/h5-8,11,14H,2,4,9H2,1,3H3/t11-/m0/s1. The first-order valence-corrected chi connectivity index (χ1v) is 5.05. The molecule has 0 amide bonds. The van der Waals surface area contributed by atoms with Gasteiger partial charge in [0.2, 0.25) is 0 Å². The van der Waals surface area contributed by atoms with Gasteiger partial charge in [0.1, 0.15) is 0 Å². The van der Waals surface area contributed by atoms with E-state index in [2.05, 4.69) is 30.7 Å². The predicted molar refractivity (Wildman–Crippen MR) is 60.1 cm³/mol. The Morgan fingerprint density at radius 1 is 1.57 bits per heavy atom. The van der Waals surface area contributed by atoms with Crippen LogP contribution in [0.25, 0.3) is 0 Å². The molecule has 76 valence electrons. The van der Waals surface area contributed by atoms with Gasteiger partial charge in [-0.1, -0.05) is 25.1 Å². The summed E-state index contributed by atoms with van der Waals surface area (Å²) in [5, 5.41) is 3.39. The predicted octanol–water partition coefficient (Wildman–Crippen LogP) is 2.70. The van der Waals surface area contributed by atoms with Crippen LogP contribution >= 0.6 is 0 Å². The summed E-state index contributed by atoms with van der Waals surface area (Å²) in [6.07, 6.45) is 2.85. The van der Waals surface area contributed by atoms with E-state index in [1.807, 2.05) is 24.4 Å². The van der Waals surface area contributed by atoms with E-state index in [9.17, 15) is 0 Å². The van der Waals surface area contributed by atoms with Gasteiger partial charge >= 0.3 is 0 Å². The molecule has 14 heavy (non-hydrogen) atoms. The summed E-state index contributed by atoms with van der Waals surface area (Å²) in [6, 6.07) is 6.27. The summed E-state index contributed by atoms with van der Waals surface area (Å²) in [5.74, 6) is 0. The molecule has 0 saturated heterocycles. The molecule has 0 radical (unpaired) electrons. The minimum absolute atomic E-state index is 0.291. The minimum atomic E-state index is 0.291. The number of nitrogens with zero attached hydrogens (tertiary/aromatic N) is 1. The highest BCUT2D eigenvalue weighted by molar-refractivity contribution is 5.08. The quantitative estimate of drug-likeness (QED) is 0.722. The van der Waals surface area contributed by atoms with Gasteiger partial charge in [0.15, 0.2) is 0 Å². The summed E-state index contributed by atoms with van der Waals surface area (Å²) < 4.78 is 0. The fourth-order valence-corrected chi connectivity index (χ4v) is 1.16. The lowest BCUT2D eigenvalue weighted by Crippen LogP contribution is -2.21. The zero-order valence-electron chi connectivity index (χ0n) is 8.96. The highest BCUT2D eigenvalue weighted by Gasteiger charge is 2.04. The average molecular weight is 190 g/mol. The number of pyridine rings is 1.